The van der Waals surface area contributed by atoms with Crippen LogP contribution in [0.1, 0.15) is 25.3 Å². The van der Waals surface area contributed by atoms with Gasteiger partial charge in [-0.15, -0.1) is 0 Å². The number of amides is 2. The molecule has 0 bridgehead atoms. The Labute approximate surface area is 148 Å². The first-order valence-corrected chi connectivity index (χ1v) is 8.70. The van der Waals surface area contributed by atoms with Crippen molar-refractivity contribution in [1.82, 2.24) is 4.90 Å². The molecule has 4 nitrogen and oxygen atoms in total. The molecule has 132 valence electrons. The number of anilines is 2. The van der Waals surface area contributed by atoms with Crippen molar-refractivity contribution in [2.45, 2.75) is 19.8 Å². The average Bonchev–Trinajstić information content (AvgIpc) is 2.62. The van der Waals surface area contributed by atoms with E-state index in [0.717, 1.165) is 16.9 Å². The molecule has 1 aliphatic rings. The van der Waals surface area contributed by atoms with Crippen LogP contribution in [-0.4, -0.2) is 37.1 Å². The largest absolute Gasteiger partial charge is 0.368 e. The van der Waals surface area contributed by atoms with Gasteiger partial charge in [0.1, 0.15) is 5.82 Å². The van der Waals surface area contributed by atoms with Crippen LogP contribution in [-0.2, 0) is 0 Å². The van der Waals surface area contributed by atoms with Crippen LogP contribution in [0.4, 0.5) is 20.6 Å². The maximum Gasteiger partial charge on any atom is 0.321 e. The van der Waals surface area contributed by atoms with Gasteiger partial charge in [-0.25, -0.2) is 9.18 Å². The summed E-state index contributed by atoms with van der Waals surface area (Å²) in [6.07, 6.45) is 0. The zero-order valence-corrected chi connectivity index (χ0v) is 14.7. The molecular weight excluding hydrogens is 317 g/mol. The van der Waals surface area contributed by atoms with Crippen LogP contribution < -0.4 is 10.2 Å². The topological polar surface area (TPSA) is 35.6 Å². The molecule has 25 heavy (non-hydrogen) atoms. The van der Waals surface area contributed by atoms with Crippen LogP contribution in [0.15, 0.2) is 48.5 Å². The Morgan fingerprint density at radius 1 is 1.04 bits per heavy atom. The van der Waals surface area contributed by atoms with E-state index < -0.39 is 0 Å². The SMILES string of the molecule is CC(C)c1ccccc1NC(=O)N1CCN(c2cccc(F)c2)CC1. The minimum absolute atomic E-state index is 0.0769. The molecule has 1 fully saturated rings. The molecule has 0 atom stereocenters. The summed E-state index contributed by atoms with van der Waals surface area (Å²) in [4.78, 5) is 16.5. The molecule has 2 aromatic rings. The van der Waals surface area contributed by atoms with Crippen molar-refractivity contribution in [3.05, 3.63) is 59.9 Å². The van der Waals surface area contributed by atoms with Crippen LogP contribution in [0.3, 0.4) is 0 Å². The van der Waals surface area contributed by atoms with Crippen LogP contribution in [0.5, 0.6) is 0 Å². The number of piperazine rings is 1. The Bertz CT molecular complexity index is 739. The summed E-state index contributed by atoms with van der Waals surface area (Å²) in [6, 6.07) is 14.4. The zero-order valence-electron chi connectivity index (χ0n) is 14.7. The predicted molar refractivity (Wildman–Crippen MR) is 99.7 cm³/mol. The van der Waals surface area contributed by atoms with Crippen LogP contribution in [0.2, 0.25) is 0 Å². The van der Waals surface area contributed by atoms with Gasteiger partial charge in [0, 0.05) is 37.6 Å². The van der Waals surface area contributed by atoms with Gasteiger partial charge in [-0.2, -0.15) is 0 Å². The monoisotopic (exact) mass is 341 g/mol. The molecule has 0 unspecified atom stereocenters. The summed E-state index contributed by atoms with van der Waals surface area (Å²) in [5, 5.41) is 3.03. The molecule has 2 aromatic carbocycles. The highest BCUT2D eigenvalue weighted by Crippen LogP contribution is 2.24. The van der Waals surface area contributed by atoms with Gasteiger partial charge in [-0.3, -0.25) is 0 Å². The highest BCUT2D eigenvalue weighted by Gasteiger charge is 2.22. The van der Waals surface area contributed by atoms with E-state index in [1.807, 2.05) is 35.2 Å². The maximum atomic E-state index is 13.4. The summed E-state index contributed by atoms with van der Waals surface area (Å²) in [5.41, 5.74) is 2.87. The fourth-order valence-corrected chi connectivity index (χ4v) is 3.15. The van der Waals surface area contributed by atoms with Crippen molar-refractivity contribution in [2.75, 3.05) is 36.4 Å². The fraction of sp³-hybridized carbons (Fsp3) is 0.350. The number of nitrogens with zero attached hydrogens (tertiary/aromatic N) is 2. The molecule has 0 radical (unpaired) electrons. The summed E-state index contributed by atoms with van der Waals surface area (Å²) in [6.45, 7) is 6.86. The van der Waals surface area contributed by atoms with Crippen molar-refractivity contribution in [1.29, 1.82) is 0 Å². The van der Waals surface area contributed by atoms with Gasteiger partial charge >= 0.3 is 6.03 Å². The third kappa shape index (κ3) is 4.10. The number of carbonyl (C=O) groups is 1. The highest BCUT2D eigenvalue weighted by atomic mass is 19.1. The predicted octanol–water partition coefficient (Wildman–Crippen LogP) is 4.30. The Balaban J connectivity index is 1.61. The molecule has 0 spiro atoms. The summed E-state index contributed by atoms with van der Waals surface area (Å²) >= 11 is 0. The van der Waals surface area contributed by atoms with Crippen LogP contribution in [0, 0.1) is 5.82 Å². The van der Waals surface area contributed by atoms with E-state index >= 15 is 0 Å². The molecule has 3 rings (SSSR count). The molecule has 5 heteroatoms. The molecule has 1 N–H and O–H groups in total. The Morgan fingerprint density at radius 2 is 1.76 bits per heavy atom. The average molecular weight is 341 g/mol. The number of para-hydroxylation sites is 1. The lowest BCUT2D eigenvalue weighted by Gasteiger charge is -2.36. The van der Waals surface area contributed by atoms with E-state index in [1.54, 1.807) is 6.07 Å². The molecule has 1 aliphatic heterocycles. The minimum atomic E-state index is -0.233. The standard InChI is InChI=1S/C20H24FN3O/c1-15(2)18-8-3-4-9-19(18)22-20(25)24-12-10-23(11-13-24)17-7-5-6-16(21)14-17/h3-9,14-15H,10-13H2,1-2H3,(H,22,25). The number of urea groups is 1. The first kappa shape index (κ1) is 17.3. The molecule has 1 saturated heterocycles. The van der Waals surface area contributed by atoms with Gasteiger partial charge in [0.25, 0.3) is 0 Å². The number of halogens is 1. The summed E-state index contributed by atoms with van der Waals surface area (Å²) < 4.78 is 13.4. The van der Waals surface area contributed by atoms with Crippen molar-refractivity contribution in [3.63, 3.8) is 0 Å². The molecule has 0 aliphatic carbocycles. The van der Waals surface area contributed by atoms with Crippen molar-refractivity contribution in [2.24, 2.45) is 0 Å². The zero-order chi connectivity index (χ0) is 17.8. The Hall–Kier alpha value is -2.56. The van der Waals surface area contributed by atoms with Gasteiger partial charge in [0.2, 0.25) is 0 Å². The first-order chi connectivity index (χ1) is 12.0. The number of benzene rings is 2. The highest BCUT2D eigenvalue weighted by molar-refractivity contribution is 5.90. The first-order valence-electron chi connectivity index (χ1n) is 8.70. The normalized spacial score (nSPS) is 14.7. The second-order valence-corrected chi connectivity index (χ2v) is 6.63. The lowest BCUT2D eigenvalue weighted by atomic mass is 10.0. The molecule has 1 heterocycles. The fourth-order valence-electron chi connectivity index (χ4n) is 3.15. The summed E-state index contributed by atoms with van der Waals surface area (Å²) in [7, 11) is 0. The van der Waals surface area contributed by atoms with E-state index in [4.69, 9.17) is 0 Å². The van der Waals surface area contributed by atoms with E-state index in [0.29, 0.717) is 32.1 Å². The lowest BCUT2D eigenvalue weighted by molar-refractivity contribution is 0.208. The Kier molecular flexibility index (Phi) is 5.22. The molecule has 0 aromatic heterocycles. The van der Waals surface area contributed by atoms with Crippen molar-refractivity contribution >= 4 is 17.4 Å². The third-order valence-electron chi connectivity index (χ3n) is 4.56. The second kappa shape index (κ2) is 7.55. The molecule has 2 amide bonds. The molecular formula is C20H24FN3O. The number of hydrogen-bond donors (Lipinski definition) is 1. The van der Waals surface area contributed by atoms with Gasteiger partial charge in [-0.1, -0.05) is 38.1 Å². The van der Waals surface area contributed by atoms with Gasteiger partial charge in [-0.05, 0) is 35.7 Å². The maximum absolute atomic E-state index is 13.4. The number of nitrogens with one attached hydrogen (secondary N) is 1. The van der Waals surface area contributed by atoms with E-state index in [1.165, 1.54) is 12.1 Å². The van der Waals surface area contributed by atoms with Crippen LogP contribution in [0.25, 0.3) is 0 Å². The van der Waals surface area contributed by atoms with Crippen molar-refractivity contribution in [3.8, 4) is 0 Å². The van der Waals surface area contributed by atoms with Crippen LogP contribution >= 0.6 is 0 Å². The second-order valence-electron chi connectivity index (χ2n) is 6.63. The third-order valence-corrected chi connectivity index (χ3v) is 4.56. The van der Waals surface area contributed by atoms with Crippen molar-refractivity contribution < 1.29 is 9.18 Å². The number of rotatable bonds is 3. The van der Waals surface area contributed by atoms with E-state index in [2.05, 4.69) is 24.1 Å². The Morgan fingerprint density at radius 3 is 2.44 bits per heavy atom. The van der Waals surface area contributed by atoms with Gasteiger partial charge < -0.3 is 15.1 Å². The van der Waals surface area contributed by atoms with E-state index in [-0.39, 0.29) is 11.8 Å². The summed E-state index contributed by atoms with van der Waals surface area (Å²) in [5.74, 6) is 0.115. The quantitative estimate of drug-likeness (QED) is 0.903. The van der Waals surface area contributed by atoms with Gasteiger partial charge in [0.05, 0.1) is 0 Å². The molecule has 0 saturated carbocycles. The van der Waals surface area contributed by atoms with E-state index in [9.17, 15) is 9.18 Å². The smallest absolute Gasteiger partial charge is 0.321 e. The number of carbonyl (C=O) groups excluding carboxylic acids is 1. The van der Waals surface area contributed by atoms with Gasteiger partial charge in [0.15, 0.2) is 0 Å². The lowest BCUT2D eigenvalue weighted by Crippen LogP contribution is -2.50. The number of hydrogen-bond acceptors (Lipinski definition) is 2. The minimum Gasteiger partial charge on any atom is -0.368 e.